The summed E-state index contributed by atoms with van der Waals surface area (Å²) in [6.45, 7) is 12.7. The van der Waals surface area contributed by atoms with Crippen LogP contribution in [0.3, 0.4) is 0 Å². The number of rotatable bonds is 7. The maximum absolute atomic E-state index is 10.6. The SMILES string of the molecule is C=O.CCCNC=O.CCOC(=O)[C@H](C)OC.COc1c(C)cccc1C. The standard InChI is InChI=1S/C9H12O.C6H12O3.C4H9NO.CH2O/c1-7-5-4-6-8(2)9(7)10-3;1-4-9-6(7)5(2)8-3;1-2-3-5-4-6;1-2/h4-6H,1-3H3;5H,4H2,1-3H3;4H,2-3H2,1H3,(H,5,6);1H2/t;5-;;/m.0../s1. The van der Waals surface area contributed by atoms with Crippen LogP contribution in [0.4, 0.5) is 0 Å². The van der Waals surface area contributed by atoms with Gasteiger partial charge in [0.2, 0.25) is 6.41 Å². The van der Waals surface area contributed by atoms with Gasteiger partial charge in [0.05, 0.1) is 13.7 Å². The van der Waals surface area contributed by atoms with Gasteiger partial charge >= 0.3 is 5.97 Å². The Balaban J connectivity index is -0.000000315. The van der Waals surface area contributed by atoms with E-state index in [1.807, 2.05) is 45.8 Å². The van der Waals surface area contributed by atoms with Crippen LogP contribution in [0.25, 0.3) is 0 Å². The first-order chi connectivity index (χ1) is 12.9. The van der Waals surface area contributed by atoms with Crippen LogP contribution in [0.2, 0.25) is 0 Å². The van der Waals surface area contributed by atoms with Gasteiger partial charge in [0, 0.05) is 13.7 Å². The van der Waals surface area contributed by atoms with Crippen molar-refractivity contribution in [1.29, 1.82) is 0 Å². The van der Waals surface area contributed by atoms with Gasteiger partial charge < -0.3 is 24.3 Å². The number of para-hydroxylation sites is 1. The van der Waals surface area contributed by atoms with Gasteiger partial charge in [-0.3, -0.25) is 4.79 Å². The van der Waals surface area contributed by atoms with Crippen LogP contribution in [0.5, 0.6) is 5.75 Å². The monoisotopic (exact) mass is 385 g/mol. The molecule has 0 heterocycles. The smallest absolute Gasteiger partial charge is 0.334 e. The normalized spacial score (nSPS) is 9.59. The molecule has 0 spiro atoms. The van der Waals surface area contributed by atoms with Crippen LogP contribution in [0, 0.1) is 13.8 Å². The zero-order valence-corrected chi connectivity index (χ0v) is 17.7. The van der Waals surface area contributed by atoms with Crippen molar-refractivity contribution < 1.29 is 28.6 Å². The number of carbonyl (C=O) groups excluding carboxylic acids is 3. The van der Waals surface area contributed by atoms with Gasteiger partial charge in [0.25, 0.3) is 0 Å². The number of aryl methyl sites for hydroxylation is 2. The van der Waals surface area contributed by atoms with Crippen molar-refractivity contribution >= 4 is 19.2 Å². The summed E-state index contributed by atoms with van der Waals surface area (Å²) in [6.07, 6.45) is 1.28. The van der Waals surface area contributed by atoms with Crippen LogP contribution in [0.1, 0.15) is 38.3 Å². The molecule has 7 nitrogen and oxygen atoms in total. The molecular formula is C20H35NO6. The predicted octanol–water partition coefficient (Wildman–Crippen LogP) is 2.85. The highest BCUT2D eigenvalue weighted by atomic mass is 16.6. The maximum atomic E-state index is 10.6. The Morgan fingerprint density at radius 1 is 1.19 bits per heavy atom. The molecule has 0 unspecified atom stereocenters. The van der Waals surface area contributed by atoms with Crippen molar-refractivity contribution in [3.05, 3.63) is 29.3 Å². The fraction of sp³-hybridized carbons (Fsp3) is 0.550. The topological polar surface area (TPSA) is 90.9 Å². The van der Waals surface area contributed by atoms with E-state index in [-0.39, 0.29) is 5.97 Å². The second-order valence-electron chi connectivity index (χ2n) is 5.13. The van der Waals surface area contributed by atoms with E-state index in [4.69, 9.17) is 9.53 Å². The minimum atomic E-state index is -0.440. The van der Waals surface area contributed by atoms with Gasteiger partial charge in [-0.2, -0.15) is 0 Å². The molecule has 1 aromatic rings. The first kappa shape index (κ1) is 29.4. The van der Waals surface area contributed by atoms with Gasteiger partial charge in [-0.25, -0.2) is 4.79 Å². The lowest BCUT2D eigenvalue weighted by molar-refractivity contribution is -0.153. The van der Waals surface area contributed by atoms with Crippen molar-refractivity contribution in [2.45, 2.75) is 47.1 Å². The molecule has 0 bridgehead atoms. The third-order valence-electron chi connectivity index (χ3n) is 3.06. The second kappa shape index (κ2) is 21.6. The quantitative estimate of drug-likeness (QED) is 0.441. The number of methoxy groups -OCH3 is 2. The number of esters is 1. The minimum absolute atomic E-state index is 0.306. The third-order valence-corrected chi connectivity index (χ3v) is 3.06. The molecule has 0 saturated carbocycles. The lowest BCUT2D eigenvalue weighted by Crippen LogP contribution is -2.21. The summed E-state index contributed by atoms with van der Waals surface area (Å²) in [7, 11) is 3.18. The summed E-state index contributed by atoms with van der Waals surface area (Å²) >= 11 is 0. The van der Waals surface area contributed by atoms with E-state index < -0.39 is 6.10 Å². The molecule has 1 rings (SSSR count). The largest absolute Gasteiger partial charge is 0.496 e. The number of ether oxygens (including phenoxy) is 3. The molecule has 1 atom stereocenters. The molecule has 0 radical (unpaired) electrons. The van der Waals surface area contributed by atoms with Crippen molar-refractivity contribution in [3.63, 3.8) is 0 Å². The first-order valence-corrected chi connectivity index (χ1v) is 8.64. The third kappa shape index (κ3) is 16.8. The fourth-order valence-corrected chi connectivity index (χ4v) is 1.68. The molecule has 0 saturated heterocycles. The lowest BCUT2D eigenvalue weighted by Gasteiger charge is -2.06. The first-order valence-electron chi connectivity index (χ1n) is 8.64. The second-order valence-corrected chi connectivity index (χ2v) is 5.13. The van der Waals surface area contributed by atoms with Crippen molar-refractivity contribution in [1.82, 2.24) is 5.32 Å². The van der Waals surface area contributed by atoms with Crippen LogP contribution in [0.15, 0.2) is 18.2 Å². The molecule has 1 aromatic carbocycles. The molecule has 1 N–H and O–H groups in total. The Hall–Kier alpha value is -2.41. The molecule has 0 aliphatic carbocycles. The van der Waals surface area contributed by atoms with Crippen molar-refractivity contribution in [2.24, 2.45) is 0 Å². The molecular weight excluding hydrogens is 350 g/mol. The van der Waals surface area contributed by atoms with Gasteiger partial charge in [0.1, 0.15) is 12.5 Å². The summed E-state index contributed by atoms with van der Waals surface area (Å²) < 4.78 is 14.5. The molecule has 0 aromatic heterocycles. The van der Waals surface area contributed by atoms with Gasteiger partial charge in [-0.05, 0) is 45.2 Å². The average molecular weight is 386 g/mol. The van der Waals surface area contributed by atoms with Gasteiger partial charge in [0.15, 0.2) is 6.10 Å². The van der Waals surface area contributed by atoms with Crippen LogP contribution < -0.4 is 10.1 Å². The highest BCUT2D eigenvalue weighted by molar-refractivity contribution is 5.74. The highest BCUT2D eigenvalue weighted by Crippen LogP contribution is 2.20. The van der Waals surface area contributed by atoms with Gasteiger partial charge in [-0.15, -0.1) is 0 Å². The molecule has 1 amide bonds. The number of carbonyl (C=O) groups is 3. The zero-order valence-electron chi connectivity index (χ0n) is 17.7. The maximum Gasteiger partial charge on any atom is 0.334 e. The molecule has 156 valence electrons. The molecule has 0 fully saturated rings. The molecule has 0 aliphatic heterocycles. The van der Waals surface area contributed by atoms with Crippen molar-refractivity contribution in [3.8, 4) is 5.75 Å². The summed E-state index contributed by atoms with van der Waals surface area (Å²) in [4.78, 5) is 28.1. The molecule has 7 heteroatoms. The molecule has 0 aliphatic rings. The van der Waals surface area contributed by atoms with E-state index in [9.17, 15) is 9.59 Å². The Morgan fingerprint density at radius 3 is 1.96 bits per heavy atom. The summed E-state index contributed by atoms with van der Waals surface area (Å²) in [6, 6.07) is 6.13. The number of nitrogens with one attached hydrogen (secondary N) is 1. The Bertz CT molecular complexity index is 473. The van der Waals surface area contributed by atoms with Crippen molar-refractivity contribution in [2.75, 3.05) is 27.4 Å². The van der Waals surface area contributed by atoms with E-state index in [2.05, 4.69) is 14.8 Å². The Morgan fingerprint density at radius 2 is 1.70 bits per heavy atom. The fourth-order valence-electron chi connectivity index (χ4n) is 1.68. The zero-order chi connectivity index (χ0) is 21.7. The van der Waals surface area contributed by atoms with E-state index in [1.54, 1.807) is 21.0 Å². The minimum Gasteiger partial charge on any atom is -0.496 e. The van der Waals surface area contributed by atoms with E-state index in [0.29, 0.717) is 13.0 Å². The van der Waals surface area contributed by atoms with Crippen LogP contribution in [-0.4, -0.2) is 52.6 Å². The van der Waals surface area contributed by atoms with Crippen LogP contribution in [-0.2, 0) is 23.9 Å². The number of hydrogen-bond acceptors (Lipinski definition) is 6. The Labute approximate surface area is 163 Å². The summed E-state index contributed by atoms with van der Waals surface area (Å²) in [5.41, 5.74) is 2.39. The molecule has 27 heavy (non-hydrogen) atoms. The predicted molar refractivity (Wildman–Crippen MR) is 107 cm³/mol. The lowest BCUT2D eigenvalue weighted by atomic mass is 10.1. The number of hydrogen-bond donors (Lipinski definition) is 1. The number of amides is 1. The van der Waals surface area contributed by atoms with E-state index >= 15 is 0 Å². The number of benzene rings is 1. The Kier molecular flexibility index (Phi) is 23.5. The van der Waals surface area contributed by atoms with E-state index in [1.165, 1.54) is 18.2 Å². The van der Waals surface area contributed by atoms with Crippen LogP contribution >= 0.6 is 0 Å². The highest BCUT2D eigenvalue weighted by Gasteiger charge is 2.10. The summed E-state index contributed by atoms with van der Waals surface area (Å²) in [5, 5.41) is 2.52. The summed E-state index contributed by atoms with van der Waals surface area (Å²) in [5.74, 6) is 0.697. The van der Waals surface area contributed by atoms with Gasteiger partial charge in [-0.1, -0.05) is 25.1 Å². The average Bonchev–Trinajstić information content (AvgIpc) is 2.68. The van der Waals surface area contributed by atoms with E-state index in [0.717, 1.165) is 18.7 Å².